The Balaban J connectivity index is 2.82. The first-order valence-electron chi connectivity index (χ1n) is 7.26. The van der Waals surface area contributed by atoms with E-state index in [1.807, 2.05) is 20.8 Å². The molecule has 0 saturated carbocycles. The highest BCUT2D eigenvalue weighted by atomic mass is 32.1. The molecule has 0 aliphatic carbocycles. The number of carbonyl (C=O) groups excluding carboxylic acids is 1. The van der Waals surface area contributed by atoms with Crippen molar-refractivity contribution in [3.05, 3.63) is 29.3 Å². The fraction of sp³-hybridized carbons (Fsp3) is 0.500. The zero-order chi connectivity index (χ0) is 16.7. The second-order valence-electron chi connectivity index (χ2n) is 5.48. The number of rotatable bonds is 7. The molecule has 0 aliphatic rings. The van der Waals surface area contributed by atoms with Crippen LogP contribution in [0.15, 0.2) is 12.1 Å². The smallest absolute Gasteiger partial charge is 0.224 e. The van der Waals surface area contributed by atoms with Crippen LogP contribution >= 0.6 is 12.2 Å². The predicted molar refractivity (Wildman–Crippen MR) is 87.0 cm³/mol. The Morgan fingerprint density at radius 3 is 2.59 bits per heavy atom. The topological polar surface area (TPSA) is 38.3 Å². The summed E-state index contributed by atoms with van der Waals surface area (Å²) in [6.45, 7) is 6.24. The van der Waals surface area contributed by atoms with Crippen LogP contribution < -0.4 is 5.32 Å². The fourth-order valence-electron chi connectivity index (χ4n) is 1.73. The summed E-state index contributed by atoms with van der Waals surface area (Å²) in [4.78, 5) is 11.5. The fourth-order valence-corrected chi connectivity index (χ4v) is 1.95. The van der Waals surface area contributed by atoms with Gasteiger partial charge in [-0.3, -0.25) is 4.79 Å². The molecule has 0 aromatic heterocycles. The average Bonchev–Trinajstić information content (AvgIpc) is 2.42. The van der Waals surface area contributed by atoms with E-state index in [0.717, 1.165) is 6.07 Å². The van der Waals surface area contributed by atoms with E-state index in [0.29, 0.717) is 18.9 Å². The summed E-state index contributed by atoms with van der Waals surface area (Å²) < 4.78 is 32.8. The van der Waals surface area contributed by atoms with Crippen molar-refractivity contribution in [1.29, 1.82) is 0 Å². The number of nitrogens with one attached hydrogen (secondary N) is 1. The van der Waals surface area contributed by atoms with Gasteiger partial charge in [-0.05, 0) is 36.2 Å². The number of amides is 1. The standard InChI is InChI=1S/C16H21F2NO2S/c1-4-5-15(20)19-14-6-11(12(17)8-13(14)18)7-16(22)21-9-10(2)3/h6,8,10H,4-5,7,9H2,1-3H3,(H,19,20). The minimum Gasteiger partial charge on any atom is -0.486 e. The second kappa shape index (κ2) is 8.78. The average molecular weight is 329 g/mol. The van der Waals surface area contributed by atoms with Gasteiger partial charge in [0.1, 0.15) is 11.6 Å². The van der Waals surface area contributed by atoms with E-state index in [1.165, 1.54) is 6.07 Å². The van der Waals surface area contributed by atoms with Crippen molar-refractivity contribution in [2.45, 2.75) is 40.0 Å². The molecule has 1 rings (SSSR count). The monoisotopic (exact) mass is 329 g/mol. The maximum absolute atomic E-state index is 13.8. The summed E-state index contributed by atoms with van der Waals surface area (Å²) in [6.07, 6.45) is 0.988. The summed E-state index contributed by atoms with van der Waals surface area (Å²) in [6, 6.07) is 2.02. The lowest BCUT2D eigenvalue weighted by molar-refractivity contribution is -0.116. The Bertz CT molecular complexity index is 547. The van der Waals surface area contributed by atoms with Gasteiger partial charge >= 0.3 is 0 Å². The normalized spacial score (nSPS) is 10.6. The molecule has 0 saturated heterocycles. The minimum absolute atomic E-state index is 0.0403. The van der Waals surface area contributed by atoms with Crippen molar-refractivity contribution in [3.63, 3.8) is 0 Å². The third-order valence-electron chi connectivity index (χ3n) is 2.80. The van der Waals surface area contributed by atoms with Crippen LogP contribution in [0.2, 0.25) is 0 Å². The van der Waals surface area contributed by atoms with Crippen molar-refractivity contribution in [2.24, 2.45) is 5.92 Å². The zero-order valence-corrected chi connectivity index (χ0v) is 13.9. The van der Waals surface area contributed by atoms with Gasteiger partial charge in [-0.1, -0.05) is 20.8 Å². The van der Waals surface area contributed by atoms with Crippen molar-refractivity contribution in [1.82, 2.24) is 0 Å². The van der Waals surface area contributed by atoms with E-state index in [9.17, 15) is 13.6 Å². The summed E-state index contributed by atoms with van der Waals surface area (Å²) in [7, 11) is 0. The van der Waals surface area contributed by atoms with Gasteiger partial charge in [0, 0.05) is 18.9 Å². The van der Waals surface area contributed by atoms with Crippen LogP contribution in [0.5, 0.6) is 0 Å². The van der Waals surface area contributed by atoms with Crippen molar-refractivity contribution in [2.75, 3.05) is 11.9 Å². The van der Waals surface area contributed by atoms with Crippen molar-refractivity contribution in [3.8, 4) is 0 Å². The Kier molecular flexibility index (Phi) is 7.38. The van der Waals surface area contributed by atoms with Crippen LogP contribution in [0, 0.1) is 17.6 Å². The lowest BCUT2D eigenvalue weighted by Crippen LogP contribution is -2.14. The predicted octanol–water partition coefficient (Wildman–Crippen LogP) is 4.25. The Morgan fingerprint density at radius 2 is 2.00 bits per heavy atom. The first kappa shape index (κ1) is 18.5. The summed E-state index contributed by atoms with van der Waals surface area (Å²) in [5, 5.41) is 2.68. The Labute approximate surface area is 135 Å². The lowest BCUT2D eigenvalue weighted by atomic mass is 10.1. The van der Waals surface area contributed by atoms with Gasteiger partial charge in [-0.2, -0.15) is 0 Å². The summed E-state index contributed by atoms with van der Waals surface area (Å²) in [5.74, 6) is -1.52. The van der Waals surface area contributed by atoms with Crippen LogP contribution in [-0.2, 0) is 16.0 Å². The largest absolute Gasteiger partial charge is 0.486 e. The number of hydrogen-bond acceptors (Lipinski definition) is 3. The first-order valence-corrected chi connectivity index (χ1v) is 7.67. The highest BCUT2D eigenvalue weighted by molar-refractivity contribution is 7.80. The van der Waals surface area contributed by atoms with Crippen molar-refractivity contribution < 1.29 is 18.3 Å². The highest BCUT2D eigenvalue weighted by Crippen LogP contribution is 2.21. The van der Waals surface area contributed by atoms with Crippen LogP contribution in [0.3, 0.4) is 0 Å². The van der Waals surface area contributed by atoms with E-state index in [1.54, 1.807) is 0 Å². The van der Waals surface area contributed by atoms with Gasteiger partial charge in [0.25, 0.3) is 0 Å². The molecular weight excluding hydrogens is 308 g/mol. The summed E-state index contributed by atoms with van der Waals surface area (Å²) >= 11 is 5.05. The number of hydrogen-bond donors (Lipinski definition) is 1. The molecule has 122 valence electrons. The number of benzene rings is 1. The molecule has 0 atom stereocenters. The number of thiocarbonyl (C=S) groups is 1. The molecule has 1 aromatic rings. The minimum atomic E-state index is -0.806. The maximum Gasteiger partial charge on any atom is 0.224 e. The molecule has 3 nitrogen and oxygen atoms in total. The van der Waals surface area contributed by atoms with Gasteiger partial charge in [0.05, 0.1) is 12.3 Å². The molecule has 0 aliphatic heterocycles. The molecule has 0 fully saturated rings. The molecule has 0 unspecified atom stereocenters. The quantitative estimate of drug-likeness (QED) is 0.760. The van der Waals surface area contributed by atoms with Crippen LogP contribution in [0.25, 0.3) is 0 Å². The van der Waals surface area contributed by atoms with Gasteiger partial charge in [0.2, 0.25) is 5.91 Å². The molecule has 0 heterocycles. The Hall–Kier alpha value is -1.56. The third-order valence-corrected chi connectivity index (χ3v) is 3.06. The van der Waals surface area contributed by atoms with Gasteiger partial charge in [0.15, 0.2) is 5.05 Å². The molecule has 1 amide bonds. The number of carbonyl (C=O) groups is 1. The van der Waals surface area contributed by atoms with Crippen LogP contribution in [0.4, 0.5) is 14.5 Å². The van der Waals surface area contributed by atoms with Gasteiger partial charge in [-0.25, -0.2) is 8.78 Å². The van der Waals surface area contributed by atoms with Crippen molar-refractivity contribution >= 4 is 28.9 Å². The maximum atomic E-state index is 13.8. The third kappa shape index (κ3) is 6.05. The van der Waals surface area contributed by atoms with E-state index in [2.05, 4.69) is 5.32 Å². The van der Waals surface area contributed by atoms with E-state index in [-0.39, 0.29) is 35.1 Å². The van der Waals surface area contributed by atoms with Gasteiger partial charge in [-0.15, -0.1) is 0 Å². The molecule has 0 radical (unpaired) electrons. The van der Waals surface area contributed by atoms with E-state index in [4.69, 9.17) is 17.0 Å². The van der Waals surface area contributed by atoms with E-state index >= 15 is 0 Å². The molecule has 1 aromatic carbocycles. The molecule has 6 heteroatoms. The highest BCUT2D eigenvalue weighted by Gasteiger charge is 2.14. The summed E-state index contributed by atoms with van der Waals surface area (Å²) in [5.41, 5.74) is 0.156. The Morgan fingerprint density at radius 1 is 1.32 bits per heavy atom. The zero-order valence-electron chi connectivity index (χ0n) is 13.0. The number of ether oxygens (including phenoxy) is 1. The number of halogens is 2. The molecule has 0 spiro atoms. The van der Waals surface area contributed by atoms with Crippen LogP contribution in [0.1, 0.15) is 39.2 Å². The SMILES string of the molecule is CCCC(=O)Nc1cc(CC(=S)OCC(C)C)c(F)cc1F. The first-order chi connectivity index (χ1) is 10.3. The molecule has 1 N–H and O–H groups in total. The molecule has 0 bridgehead atoms. The van der Waals surface area contributed by atoms with Crippen LogP contribution in [-0.4, -0.2) is 17.6 Å². The molecular formula is C16H21F2NO2S. The number of anilines is 1. The second-order valence-corrected chi connectivity index (χ2v) is 5.93. The lowest BCUT2D eigenvalue weighted by Gasteiger charge is -2.12. The molecule has 22 heavy (non-hydrogen) atoms. The van der Waals surface area contributed by atoms with Gasteiger partial charge < -0.3 is 10.1 Å². The van der Waals surface area contributed by atoms with E-state index < -0.39 is 11.6 Å².